The van der Waals surface area contributed by atoms with Crippen LogP contribution in [0.4, 0.5) is 0 Å². The Labute approximate surface area is 104 Å². The van der Waals surface area contributed by atoms with Crippen molar-refractivity contribution in [1.82, 2.24) is 0 Å². The van der Waals surface area contributed by atoms with Gasteiger partial charge in [0.15, 0.2) is 0 Å². The van der Waals surface area contributed by atoms with Crippen molar-refractivity contribution in [3.8, 4) is 12.3 Å². The van der Waals surface area contributed by atoms with Gasteiger partial charge < -0.3 is 14.6 Å². The Bertz CT molecular complexity index is 297. The average Bonchev–Trinajstić information content (AvgIpc) is 2.51. The monoisotopic (exact) mass is 238 g/mol. The lowest BCUT2D eigenvalue weighted by Crippen LogP contribution is -2.02. The SMILES string of the molecule is C#CCOC1=CC(OCC)=CC(O)CC1.CC. The fourth-order valence-corrected chi connectivity index (χ4v) is 1.35. The minimum atomic E-state index is -0.477. The smallest absolute Gasteiger partial charge is 0.148 e. The van der Waals surface area contributed by atoms with Crippen molar-refractivity contribution < 1.29 is 14.6 Å². The maximum atomic E-state index is 9.54. The van der Waals surface area contributed by atoms with Crippen molar-refractivity contribution in [3.63, 3.8) is 0 Å². The Balaban J connectivity index is 0.00000121. The average molecular weight is 238 g/mol. The molecule has 1 aliphatic carbocycles. The summed E-state index contributed by atoms with van der Waals surface area (Å²) in [5.74, 6) is 3.82. The lowest BCUT2D eigenvalue weighted by Gasteiger charge is -2.06. The van der Waals surface area contributed by atoms with Gasteiger partial charge in [-0.3, -0.25) is 0 Å². The van der Waals surface area contributed by atoms with Crippen LogP contribution in [0.5, 0.6) is 0 Å². The first-order chi connectivity index (χ1) is 8.26. The maximum Gasteiger partial charge on any atom is 0.148 e. The second-order valence-corrected chi connectivity index (χ2v) is 3.21. The first-order valence-corrected chi connectivity index (χ1v) is 6.05. The van der Waals surface area contributed by atoms with Crippen LogP contribution in [0.1, 0.15) is 33.6 Å². The predicted octanol–water partition coefficient (Wildman–Crippen LogP) is 2.62. The summed E-state index contributed by atoms with van der Waals surface area (Å²) in [4.78, 5) is 0. The second kappa shape index (κ2) is 9.80. The Morgan fingerprint density at radius 2 is 2.18 bits per heavy atom. The van der Waals surface area contributed by atoms with Gasteiger partial charge in [-0.15, -0.1) is 6.42 Å². The first kappa shape index (κ1) is 15.6. The molecule has 1 unspecified atom stereocenters. The third-order valence-corrected chi connectivity index (χ3v) is 2.00. The van der Waals surface area contributed by atoms with Crippen LogP contribution >= 0.6 is 0 Å². The molecule has 1 atom stereocenters. The number of rotatable bonds is 4. The van der Waals surface area contributed by atoms with Crippen molar-refractivity contribution in [1.29, 1.82) is 0 Å². The van der Waals surface area contributed by atoms with Gasteiger partial charge in [0, 0.05) is 12.5 Å². The summed E-state index contributed by atoms with van der Waals surface area (Å²) in [7, 11) is 0. The molecule has 3 heteroatoms. The van der Waals surface area contributed by atoms with E-state index in [-0.39, 0.29) is 6.61 Å². The van der Waals surface area contributed by atoms with Gasteiger partial charge in [0.05, 0.1) is 12.7 Å². The number of aliphatic hydroxyl groups excluding tert-OH is 1. The standard InChI is InChI=1S/C12H16O3.C2H6/c1-3-7-15-11-6-5-10(13)8-12(9-11)14-4-2;1-2/h1,8-10,13H,4-7H2,2H3;1-2H3. The molecule has 17 heavy (non-hydrogen) atoms. The van der Waals surface area contributed by atoms with Crippen molar-refractivity contribution in [2.75, 3.05) is 13.2 Å². The topological polar surface area (TPSA) is 38.7 Å². The van der Waals surface area contributed by atoms with E-state index < -0.39 is 6.10 Å². The van der Waals surface area contributed by atoms with Crippen LogP contribution in [0.15, 0.2) is 23.7 Å². The van der Waals surface area contributed by atoms with Gasteiger partial charge in [-0.1, -0.05) is 19.8 Å². The number of allylic oxidation sites excluding steroid dienone is 2. The molecule has 96 valence electrons. The van der Waals surface area contributed by atoms with Gasteiger partial charge in [0.1, 0.15) is 18.1 Å². The largest absolute Gasteiger partial charge is 0.494 e. The lowest BCUT2D eigenvalue weighted by atomic mass is 10.2. The van der Waals surface area contributed by atoms with Gasteiger partial charge in [-0.25, -0.2) is 0 Å². The highest BCUT2D eigenvalue weighted by atomic mass is 16.5. The molecule has 0 aromatic heterocycles. The van der Waals surface area contributed by atoms with Gasteiger partial charge in [0.2, 0.25) is 0 Å². The van der Waals surface area contributed by atoms with Crippen molar-refractivity contribution >= 4 is 0 Å². The van der Waals surface area contributed by atoms with E-state index in [1.165, 1.54) is 0 Å². The molecule has 0 saturated carbocycles. The minimum absolute atomic E-state index is 0.251. The van der Waals surface area contributed by atoms with Crippen molar-refractivity contribution in [2.45, 2.75) is 39.7 Å². The summed E-state index contributed by atoms with van der Waals surface area (Å²) in [6, 6.07) is 0. The third-order valence-electron chi connectivity index (χ3n) is 2.00. The van der Waals surface area contributed by atoms with Crippen LogP contribution < -0.4 is 0 Å². The van der Waals surface area contributed by atoms with Gasteiger partial charge >= 0.3 is 0 Å². The number of aliphatic hydroxyl groups is 1. The molecule has 0 bridgehead atoms. The van der Waals surface area contributed by atoms with E-state index in [2.05, 4.69) is 5.92 Å². The summed E-state index contributed by atoms with van der Waals surface area (Å²) in [5.41, 5.74) is 0. The van der Waals surface area contributed by atoms with Gasteiger partial charge in [0.25, 0.3) is 0 Å². The molecule has 0 heterocycles. The summed E-state index contributed by atoms with van der Waals surface area (Å²) in [5, 5.41) is 9.54. The molecule has 1 N–H and O–H groups in total. The van der Waals surface area contributed by atoms with E-state index in [0.29, 0.717) is 25.2 Å². The van der Waals surface area contributed by atoms with Crippen LogP contribution in [0, 0.1) is 12.3 Å². The van der Waals surface area contributed by atoms with E-state index in [1.807, 2.05) is 20.8 Å². The zero-order chi connectivity index (χ0) is 13.1. The van der Waals surface area contributed by atoms with Crippen LogP contribution in [0.2, 0.25) is 0 Å². The maximum absolute atomic E-state index is 9.54. The Hall–Kier alpha value is -1.40. The van der Waals surface area contributed by atoms with E-state index in [0.717, 1.165) is 5.76 Å². The molecule has 0 amide bonds. The quantitative estimate of drug-likeness (QED) is 0.765. The highest BCUT2D eigenvalue weighted by Crippen LogP contribution is 2.19. The fraction of sp³-hybridized carbons (Fsp3) is 0.571. The Morgan fingerprint density at radius 1 is 1.47 bits per heavy atom. The molecule has 3 nitrogen and oxygen atoms in total. The van der Waals surface area contributed by atoms with Gasteiger partial charge in [-0.05, 0) is 19.4 Å². The van der Waals surface area contributed by atoms with E-state index in [9.17, 15) is 5.11 Å². The zero-order valence-electron chi connectivity index (χ0n) is 10.9. The highest BCUT2D eigenvalue weighted by Gasteiger charge is 2.11. The molecule has 0 fully saturated rings. The van der Waals surface area contributed by atoms with Crippen LogP contribution in [-0.4, -0.2) is 24.4 Å². The van der Waals surface area contributed by atoms with Gasteiger partial charge in [-0.2, -0.15) is 0 Å². The molecular weight excluding hydrogens is 216 g/mol. The summed E-state index contributed by atoms with van der Waals surface area (Å²) in [6.45, 7) is 6.72. The second-order valence-electron chi connectivity index (χ2n) is 3.21. The molecule has 0 aliphatic heterocycles. The number of terminal acetylenes is 1. The normalized spacial score (nSPS) is 18.6. The highest BCUT2D eigenvalue weighted by molar-refractivity contribution is 5.20. The predicted molar refractivity (Wildman–Crippen MR) is 69.2 cm³/mol. The number of ether oxygens (including phenoxy) is 2. The molecule has 0 saturated heterocycles. The van der Waals surface area contributed by atoms with E-state index >= 15 is 0 Å². The van der Waals surface area contributed by atoms with Crippen LogP contribution in [0.25, 0.3) is 0 Å². The molecule has 1 rings (SSSR count). The van der Waals surface area contributed by atoms with Crippen LogP contribution in [0.3, 0.4) is 0 Å². The van der Waals surface area contributed by atoms with E-state index in [1.54, 1.807) is 12.2 Å². The number of hydrogen-bond donors (Lipinski definition) is 1. The summed E-state index contributed by atoms with van der Waals surface area (Å²) in [6.07, 6.45) is 9.42. The molecular formula is C14H22O3. The Kier molecular flexibility index (Phi) is 8.99. The summed E-state index contributed by atoms with van der Waals surface area (Å²) < 4.78 is 10.7. The minimum Gasteiger partial charge on any atom is -0.494 e. The zero-order valence-corrected chi connectivity index (χ0v) is 10.9. The molecule has 0 radical (unpaired) electrons. The van der Waals surface area contributed by atoms with E-state index in [4.69, 9.17) is 15.9 Å². The number of hydrogen-bond acceptors (Lipinski definition) is 3. The molecule has 0 aromatic carbocycles. The fourth-order valence-electron chi connectivity index (χ4n) is 1.35. The van der Waals surface area contributed by atoms with Crippen molar-refractivity contribution in [3.05, 3.63) is 23.7 Å². The third kappa shape index (κ3) is 6.70. The van der Waals surface area contributed by atoms with Crippen molar-refractivity contribution in [2.24, 2.45) is 0 Å². The molecule has 1 aliphatic rings. The first-order valence-electron chi connectivity index (χ1n) is 6.05. The molecule has 0 spiro atoms. The molecule has 0 aromatic rings. The van der Waals surface area contributed by atoms with Crippen LogP contribution in [-0.2, 0) is 9.47 Å². The summed E-state index contributed by atoms with van der Waals surface area (Å²) >= 11 is 0. The lowest BCUT2D eigenvalue weighted by molar-refractivity contribution is 0.189. The Morgan fingerprint density at radius 3 is 2.76 bits per heavy atom.